The van der Waals surface area contributed by atoms with E-state index in [1.807, 2.05) is 4.68 Å². The van der Waals surface area contributed by atoms with Crippen LogP contribution < -0.4 is 5.32 Å². The van der Waals surface area contributed by atoms with Gasteiger partial charge in [-0.1, -0.05) is 6.92 Å². The van der Waals surface area contributed by atoms with Crippen molar-refractivity contribution in [2.45, 2.75) is 51.1 Å². The first-order valence-corrected chi connectivity index (χ1v) is 10.2. The van der Waals surface area contributed by atoms with Gasteiger partial charge in [0, 0.05) is 24.6 Å². The molecule has 0 radical (unpaired) electrons. The Morgan fingerprint density at radius 3 is 2.64 bits per heavy atom. The molecule has 7 heteroatoms. The van der Waals surface area contributed by atoms with Crippen LogP contribution in [0.2, 0.25) is 0 Å². The minimum atomic E-state index is -4.32. The monoisotopic (exact) mass is 392 g/mol. The van der Waals surface area contributed by atoms with Crippen molar-refractivity contribution >= 4 is 5.82 Å². The number of aromatic nitrogens is 2. The summed E-state index contributed by atoms with van der Waals surface area (Å²) in [6, 6.07) is 5.32. The molecule has 1 aromatic carbocycles. The van der Waals surface area contributed by atoms with Gasteiger partial charge in [-0.3, -0.25) is 0 Å². The third kappa shape index (κ3) is 3.77. The average molecular weight is 392 g/mol. The van der Waals surface area contributed by atoms with Gasteiger partial charge in [0.25, 0.3) is 0 Å². The number of anilines is 1. The molecule has 0 saturated carbocycles. The number of alkyl halides is 3. The van der Waals surface area contributed by atoms with E-state index in [1.165, 1.54) is 17.7 Å². The van der Waals surface area contributed by atoms with Gasteiger partial charge in [-0.05, 0) is 69.5 Å². The van der Waals surface area contributed by atoms with Crippen LogP contribution in [-0.4, -0.2) is 40.9 Å². The van der Waals surface area contributed by atoms with Crippen LogP contribution >= 0.6 is 0 Å². The van der Waals surface area contributed by atoms with Crippen molar-refractivity contribution in [3.63, 3.8) is 0 Å². The molecule has 1 fully saturated rings. The number of likely N-dealkylation sites (N-methyl/N-ethyl adjacent to an activating group) is 1. The van der Waals surface area contributed by atoms with Crippen LogP contribution in [-0.2, 0) is 12.6 Å². The third-order valence-electron chi connectivity index (χ3n) is 5.94. The van der Waals surface area contributed by atoms with Crippen LogP contribution in [0.1, 0.15) is 55.3 Å². The first-order chi connectivity index (χ1) is 13.5. The molecule has 2 aliphatic rings. The highest BCUT2D eigenvalue weighted by molar-refractivity contribution is 5.55. The molecule has 3 heterocycles. The predicted octanol–water partition coefficient (Wildman–Crippen LogP) is 4.84. The quantitative estimate of drug-likeness (QED) is 0.812. The summed E-state index contributed by atoms with van der Waals surface area (Å²) in [6.07, 6.45) is 1.12. The van der Waals surface area contributed by atoms with E-state index in [0.717, 1.165) is 81.9 Å². The summed E-state index contributed by atoms with van der Waals surface area (Å²) in [5.74, 6) is 1.35. The summed E-state index contributed by atoms with van der Waals surface area (Å²) in [5, 5.41) is 8.42. The second kappa shape index (κ2) is 7.78. The first kappa shape index (κ1) is 19.3. The molecule has 152 valence electrons. The Morgan fingerprint density at radius 2 is 1.93 bits per heavy atom. The number of nitrogens with one attached hydrogen (secondary N) is 1. The van der Waals surface area contributed by atoms with Crippen LogP contribution in [0.15, 0.2) is 24.3 Å². The van der Waals surface area contributed by atoms with Crippen LogP contribution in [0.4, 0.5) is 19.0 Å². The van der Waals surface area contributed by atoms with Gasteiger partial charge in [0.2, 0.25) is 0 Å². The van der Waals surface area contributed by atoms with Crippen molar-refractivity contribution in [1.82, 2.24) is 14.7 Å². The lowest BCUT2D eigenvalue weighted by atomic mass is 9.91. The number of piperidine rings is 1. The Hall–Kier alpha value is -2.02. The zero-order chi connectivity index (χ0) is 19.7. The van der Waals surface area contributed by atoms with Crippen LogP contribution in [0.5, 0.6) is 0 Å². The molecule has 0 spiro atoms. The molecule has 28 heavy (non-hydrogen) atoms. The fourth-order valence-corrected chi connectivity index (χ4v) is 4.40. The lowest BCUT2D eigenvalue weighted by Gasteiger charge is -2.31. The van der Waals surface area contributed by atoms with E-state index in [1.54, 1.807) is 0 Å². The standard InChI is InChI=1S/C21H27F3N4/c1-2-27-13-5-6-15(14-27)19-18-7-3-4-12-25-20(18)28(26-19)17-10-8-16(9-11-17)21(22,23)24/h8-11,15,25H,2-7,12-14H2,1H3. The summed E-state index contributed by atoms with van der Waals surface area (Å²) in [6.45, 7) is 6.23. The molecular formula is C21H27F3N4. The maximum Gasteiger partial charge on any atom is 0.416 e. The summed E-state index contributed by atoms with van der Waals surface area (Å²) in [5.41, 5.74) is 2.42. The molecule has 1 aromatic heterocycles. The van der Waals surface area contributed by atoms with E-state index in [2.05, 4.69) is 17.1 Å². The molecule has 1 N–H and O–H groups in total. The predicted molar refractivity (Wildman–Crippen MR) is 104 cm³/mol. The number of fused-ring (bicyclic) bond motifs is 1. The highest BCUT2D eigenvalue weighted by Crippen LogP contribution is 2.36. The van der Waals surface area contributed by atoms with E-state index < -0.39 is 11.7 Å². The van der Waals surface area contributed by atoms with E-state index >= 15 is 0 Å². The molecule has 0 amide bonds. The Balaban J connectivity index is 1.72. The lowest BCUT2D eigenvalue weighted by molar-refractivity contribution is -0.137. The topological polar surface area (TPSA) is 33.1 Å². The molecule has 2 aliphatic heterocycles. The number of likely N-dealkylation sites (tertiary alicyclic amines) is 1. The number of hydrogen-bond acceptors (Lipinski definition) is 3. The smallest absolute Gasteiger partial charge is 0.370 e. The van der Waals surface area contributed by atoms with E-state index in [4.69, 9.17) is 5.10 Å². The molecule has 0 bridgehead atoms. The minimum absolute atomic E-state index is 0.387. The molecule has 1 atom stereocenters. The van der Waals surface area contributed by atoms with Crippen molar-refractivity contribution in [1.29, 1.82) is 0 Å². The Bertz CT molecular complexity index is 810. The highest BCUT2D eigenvalue weighted by Gasteiger charge is 2.31. The van der Waals surface area contributed by atoms with Crippen molar-refractivity contribution in [2.24, 2.45) is 0 Å². The maximum atomic E-state index is 12.9. The fraction of sp³-hybridized carbons (Fsp3) is 0.571. The molecular weight excluding hydrogens is 365 g/mol. The number of rotatable bonds is 3. The second-order valence-corrected chi connectivity index (χ2v) is 7.79. The highest BCUT2D eigenvalue weighted by atomic mass is 19.4. The molecule has 1 unspecified atom stereocenters. The summed E-state index contributed by atoms with van der Waals surface area (Å²) in [4.78, 5) is 2.46. The summed E-state index contributed by atoms with van der Waals surface area (Å²) >= 11 is 0. The Kier molecular flexibility index (Phi) is 5.36. The molecule has 2 aromatic rings. The van der Waals surface area contributed by atoms with Gasteiger partial charge in [0.15, 0.2) is 0 Å². The molecule has 4 nitrogen and oxygen atoms in total. The van der Waals surface area contributed by atoms with E-state index in [0.29, 0.717) is 11.6 Å². The maximum absolute atomic E-state index is 12.9. The number of hydrogen-bond donors (Lipinski definition) is 1. The third-order valence-corrected chi connectivity index (χ3v) is 5.94. The number of halogens is 3. The van der Waals surface area contributed by atoms with E-state index in [-0.39, 0.29) is 0 Å². The molecule has 4 rings (SSSR count). The fourth-order valence-electron chi connectivity index (χ4n) is 4.40. The van der Waals surface area contributed by atoms with Crippen LogP contribution in [0.3, 0.4) is 0 Å². The minimum Gasteiger partial charge on any atom is -0.370 e. The largest absolute Gasteiger partial charge is 0.416 e. The van der Waals surface area contributed by atoms with Crippen molar-refractivity contribution in [3.8, 4) is 5.69 Å². The zero-order valence-electron chi connectivity index (χ0n) is 16.2. The summed E-state index contributed by atoms with van der Waals surface area (Å²) in [7, 11) is 0. The molecule has 0 aliphatic carbocycles. The number of nitrogens with zero attached hydrogens (tertiary/aromatic N) is 3. The summed E-state index contributed by atoms with van der Waals surface area (Å²) < 4.78 is 40.6. The van der Waals surface area contributed by atoms with Gasteiger partial charge in [0.05, 0.1) is 16.9 Å². The average Bonchev–Trinajstić information content (AvgIpc) is 2.88. The zero-order valence-corrected chi connectivity index (χ0v) is 16.2. The van der Waals surface area contributed by atoms with Crippen molar-refractivity contribution < 1.29 is 13.2 Å². The van der Waals surface area contributed by atoms with Gasteiger partial charge < -0.3 is 10.2 Å². The van der Waals surface area contributed by atoms with Crippen molar-refractivity contribution in [2.75, 3.05) is 31.5 Å². The van der Waals surface area contributed by atoms with Crippen LogP contribution in [0, 0.1) is 0 Å². The normalized spacial score (nSPS) is 21.1. The van der Waals surface area contributed by atoms with Crippen molar-refractivity contribution in [3.05, 3.63) is 41.1 Å². The Morgan fingerprint density at radius 1 is 1.14 bits per heavy atom. The van der Waals surface area contributed by atoms with Gasteiger partial charge >= 0.3 is 6.18 Å². The lowest BCUT2D eigenvalue weighted by Crippen LogP contribution is -2.34. The Labute approximate surface area is 163 Å². The SMILES string of the molecule is CCN1CCCC(c2nn(-c3ccc(C(F)(F)F)cc3)c3c2CCCCN3)C1. The van der Waals surface area contributed by atoms with Gasteiger partial charge in [-0.25, -0.2) is 4.68 Å². The van der Waals surface area contributed by atoms with Crippen LogP contribution in [0.25, 0.3) is 5.69 Å². The van der Waals surface area contributed by atoms with Gasteiger partial charge in [-0.2, -0.15) is 18.3 Å². The first-order valence-electron chi connectivity index (χ1n) is 10.2. The number of benzene rings is 1. The van der Waals surface area contributed by atoms with E-state index in [9.17, 15) is 13.2 Å². The van der Waals surface area contributed by atoms with Gasteiger partial charge in [-0.15, -0.1) is 0 Å². The van der Waals surface area contributed by atoms with Gasteiger partial charge in [0.1, 0.15) is 5.82 Å². The second-order valence-electron chi connectivity index (χ2n) is 7.79. The molecule has 1 saturated heterocycles.